The molecule has 0 aromatic heterocycles. The molecule has 23 heavy (non-hydrogen) atoms. The summed E-state index contributed by atoms with van der Waals surface area (Å²) in [5.41, 5.74) is 0.103. The second-order valence-electron chi connectivity index (χ2n) is 5.09. The maximum atomic E-state index is 13.8. The molecule has 0 radical (unpaired) electrons. The van der Waals surface area contributed by atoms with Gasteiger partial charge in [0.05, 0.1) is 16.6 Å². The molecule has 0 fully saturated rings. The monoisotopic (exact) mass is 337 g/mol. The van der Waals surface area contributed by atoms with Crippen molar-refractivity contribution in [2.24, 2.45) is 0 Å². The number of carbonyl (C=O) groups is 1. The van der Waals surface area contributed by atoms with Gasteiger partial charge in [-0.25, -0.2) is 4.39 Å². The van der Waals surface area contributed by atoms with Crippen molar-refractivity contribution in [2.75, 3.05) is 0 Å². The van der Waals surface area contributed by atoms with E-state index in [2.05, 4.69) is 5.32 Å². The lowest BCUT2D eigenvalue weighted by molar-refractivity contribution is 0.0817. The number of nitrogens with one attached hydrogen (secondary N) is 1. The number of hydrogen-bond donors (Lipinski definition) is 3. The van der Waals surface area contributed by atoms with Crippen LogP contribution in [0, 0.1) is 5.82 Å². The maximum Gasteiger partial charge on any atom is 0.255 e. The molecule has 2 atom stereocenters. The highest BCUT2D eigenvalue weighted by Gasteiger charge is 2.25. The number of amides is 1. The Bertz CT molecular complexity index is 708. The van der Waals surface area contributed by atoms with Crippen molar-refractivity contribution in [1.82, 2.24) is 5.32 Å². The summed E-state index contributed by atoms with van der Waals surface area (Å²) in [7, 11) is 0. The Morgan fingerprint density at radius 3 is 2.61 bits per heavy atom. The lowest BCUT2D eigenvalue weighted by Gasteiger charge is -2.24. The molecule has 0 spiro atoms. The zero-order valence-electron chi connectivity index (χ0n) is 12.5. The Hall–Kier alpha value is -2.11. The first-order chi connectivity index (χ1) is 11.0. The number of aromatic hydroxyl groups is 1. The van der Waals surface area contributed by atoms with Gasteiger partial charge >= 0.3 is 0 Å². The molecule has 1 amide bonds. The van der Waals surface area contributed by atoms with E-state index in [1.54, 1.807) is 13.0 Å². The third kappa shape index (κ3) is 3.81. The van der Waals surface area contributed by atoms with Crippen molar-refractivity contribution >= 4 is 17.5 Å². The summed E-state index contributed by atoms with van der Waals surface area (Å²) in [6.07, 6.45) is -0.825. The summed E-state index contributed by atoms with van der Waals surface area (Å²) >= 11 is 5.78. The first-order valence-electron chi connectivity index (χ1n) is 7.16. The van der Waals surface area contributed by atoms with E-state index in [0.717, 1.165) is 0 Å². The maximum absolute atomic E-state index is 13.8. The number of para-hydroxylation sites is 1. The molecule has 0 bridgehead atoms. The summed E-state index contributed by atoms with van der Waals surface area (Å²) in [4.78, 5) is 12.3. The highest BCUT2D eigenvalue weighted by atomic mass is 35.5. The van der Waals surface area contributed by atoms with E-state index in [9.17, 15) is 19.4 Å². The molecule has 0 saturated heterocycles. The van der Waals surface area contributed by atoms with Gasteiger partial charge in [-0.3, -0.25) is 4.79 Å². The summed E-state index contributed by atoms with van der Waals surface area (Å²) in [6, 6.07) is 9.54. The lowest BCUT2D eigenvalue weighted by atomic mass is 9.99. The van der Waals surface area contributed by atoms with Gasteiger partial charge in [-0.2, -0.15) is 0 Å². The molecule has 0 aliphatic heterocycles. The third-order valence-electron chi connectivity index (χ3n) is 3.59. The second kappa shape index (κ2) is 7.44. The number of phenolic OH excluding ortho intramolecular Hbond substituents is 1. The Kier molecular flexibility index (Phi) is 5.58. The number of carbonyl (C=O) groups excluding carboxylic acids is 1. The fraction of sp³-hybridized carbons (Fsp3) is 0.235. The fourth-order valence-electron chi connectivity index (χ4n) is 2.28. The van der Waals surface area contributed by atoms with Gasteiger partial charge in [0.2, 0.25) is 0 Å². The topological polar surface area (TPSA) is 69.6 Å². The molecule has 0 saturated carbocycles. The Balaban J connectivity index is 2.20. The predicted molar refractivity (Wildman–Crippen MR) is 86.0 cm³/mol. The van der Waals surface area contributed by atoms with E-state index in [1.165, 1.54) is 36.4 Å². The van der Waals surface area contributed by atoms with E-state index >= 15 is 0 Å². The van der Waals surface area contributed by atoms with Crippen LogP contribution in [0.15, 0.2) is 42.5 Å². The first kappa shape index (κ1) is 17.2. The van der Waals surface area contributed by atoms with Crippen LogP contribution in [-0.4, -0.2) is 22.2 Å². The van der Waals surface area contributed by atoms with E-state index in [1.807, 2.05) is 0 Å². The molecule has 2 aromatic carbocycles. The van der Waals surface area contributed by atoms with Gasteiger partial charge in [0.25, 0.3) is 5.91 Å². The van der Waals surface area contributed by atoms with Gasteiger partial charge in [-0.1, -0.05) is 42.8 Å². The van der Waals surface area contributed by atoms with E-state index in [4.69, 9.17) is 11.6 Å². The van der Waals surface area contributed by atoms with Crippen LogP contribution in [0.5, 0.6) is 5.75 Å². The number of aliphatic hydroxyl groups is 1. The van der Waals surface area contributed by atoms with Crippen molar-refractivity contribution in [2.45, 2.75) is 25.5 Å². The van der Waals surface area contributed by atoms with Crippen LogP contribution in [0.2, 0.25) is 5.02 Å². The van der Waals surface area contributed by atoms with Crippen molar-refractivity contribution < 1.29 is 19.4 Å². The number of benzene rings is 2. The van der Waals surface area contributed by atoms with Crippen LogP contribution >= 0.6 is 11.6 Å². The number of phenols is 1. The quantitative estimate of drug-likeness (QED) is 0.783. The molecule has 2 aromatic rings. The minimum Gasteiger partial charge on any atom is -0.506 e. The van der Waals surface area contributed by atoms with E-state index < -0.39 is 23.9 Å². The highest BCUT2D eigenvalue weighted by Crippen LogP contribution is 2.28. The summed E-state index contributed by atoms with van der Waals surface area (Å²) in [5.74, 6) is -1.47. The molecule has 6 heteroatoms. The smallest absolute Gasteiger partial charge is 0.255 e. The molecule has 0 heterocycles. The Morgan fingerprint density at radius 1 is 1.26 bits per heavy atom. The molecule has 0 aliphatic carbocycles. The number of rotatable bonds is 5. The summed E-state index contributed by atoms with van der Waals surface area (Å²) < 4.78 is 13.8. The molecular formula is C17H17ClFNO3. The van der Waals surface area contributed by atoms with Gasteiger partial charge in [-0.05, 0) is 24.6 Å². The first-order valence-corrected chi connectivity index (χ1v) is 7.54. The highest BCUT2D eigenvalue weighted by molar-refractivity contribution is 6.32. The van der Waals surface area contributed by atoms with E-state index in [-0.39, 0.29) is 21.9 Å². The molecular weight excluding hydrogens is 321 g/mol. The van der Waals surface area contributed by atoms with Crippen molar-refractivity contribution in [3.63, 3.8) is 0 Å². The SMILES string of the molecule is CCC(NC(=O)c1cccc(Cl)c1O)C(O)c1ccccc1F. The largest absolute Gasteiger partial charge is 0.506 e. The van der Waals surface area contributed by atoms with Gasteiger partial charge in [0, 0.05) is 5.56 Å². The van der Waals surface area contributed by atoms with Gasteiger partial charge in [0.1, 0.15) is 17.7 Å². The molecule has 2 rings (SSSR count). The Morgan fingerprint density at radius 2 is 1.96 bits per heavy atom. The normalized spacial score (nSPS) is 13.4. The Labute approximate surface area is 138 Å². The molecule has 122 valence electrons. The van der Waals surface area contributed by atoms with Crippen LogP contribution in [0.1, 0.15) is 35.4 Å². The molecule has 0 aliphatic rings. The van der Waals surface area contributed by atoms with Crippen LogP contribution in [0.25, 0.3) is 0 Å². The molecule has 2 unspecified atom stereocenters. The van der Waals surface area contributed by atoms with Crippen LogP contribution in [0.4, 0.5) is 4.39 Å². The van der Waals surface area contributed by atoms with Gasteiger partial charge in [-0.15, -0.1) is 0 Å². The number of aliphatic hydroxyl groups excluding tert-OH is 1. The van der Waals surface area contributed by atoms with Gasteiger partial charge < -0.3 is 15.5 Å². The zero-order valence-corrected chi connectivity index (χ0v) is 13.2. The lowest BCUT2D eigenvalue weighted by Crippen LogP contribution is -2.39. The van der Waals surface area contributed by atoms with Crippen LogP contribution < -0.4 is 5.32 Å². The summed E-state index contributed by atoms with van der Waals surface area (Å²) in [5, 5.41) is 22.8. The third-order valence-corrected chi connectivity index (χ3v) is 3.90. The van der Waals surface area contributed by atoms with Crippen molar-refractivity contribution in [3.8, 4) is 5.75 Å². The summed E-state index contributed by atoms with van der Waals surface area (Å²) in [6.45, 7) is 1.76. The number of hydrogen-bond acceptors (Lipinski definition) is 3. The van der Waals surface area contributed by atoms with Crippen LogP contribution in [-0.2, 0) is 0 Å². The van der Waals surface area contributed by atoms with Crippen molar-refractivity contribution in [3.05, 3.63) is 64.4 Å². The minimum absolute atomic E-state index is 0.00307. The average molecular weight is 338 g/mol. The predicted octanol–water partition coefficient (Wildman–Crippen LogP) is 3.43. The fourth-order valence-corrected chi connectivity index (χ4v) is 2.46. The van der Waals surface area contributed by atoms with Gasteiger partial charge in [0.15, 0.2) is 0 Å². The molecule has 4 nitrogen and oxygen atoms in total. The molecule has 3 N–H and O–H groups in total. The second-order valence-corrected chi connectivity index (χ2v) is 5.50. The van der Waals surface area contributed by atoms with E-state index in [0.29, 0.717) is 6.42 Å². The minimum atomic E-state index is -1.20. The number of halogens is 2. The van der Waals surface area contributed by atoms with Crippen LogP contribution in [0.3, 0.4) is 0 Å². The standard InChI is InChI=1S/C17H17ClFNO3/c1-2-14(16(22)10-6-3-4-9-13(10)19)20-17(23)11-7-5-8-12(18)15(11)21/h3-9,14,16,21-22H,2H2,1H3,(H,20,23). The average Bonchev–Trinajstić information content (AvgIpc) is 2.54. The zero-order chi connectivity index (χ0) is 17.0. The van der Waals surface area contributed by atoms with Crippen molar-refractivity contribution in [1.29, 1.82) is 0 Å².